The summed E-state index contributed by atoms with van der Waals surface area (Å²) in [7, 11) is 1.41. The summed E-state index contributed by atoms with van der Waals surface area (Å²) in [6.07, 6.45) is 0. The third-order valence-corrected chi connectivity index (χ3v) is 2.53. The molecular formula is C6H5ClFIN2O. The highest BCUT2D eigenvalue weighted by Gasteiger charge is 2.14. The van der Waals surface area contributed by atoms with Crippen molar-refractivity contribution in [3.63, 3.8) is 0 Å². The van der Waals surface area contributed by atoms with E-state index in [2.05, 4.69) is 4.98 Å². The first-order valence-corrected chi connectivity index (χ1v) is 4.37. The fourth-order valence-corrected chi connectivity index (χ4v) is 1.40. The van der Waals surface area contributed by atoms with Gasteiger partial charge in [0, 0.05) is 0 Å². The van der Waals surface area contributed by atoms with Gasteiger partial charge in [0.1, 0.15) is 3.57 Å². The van der Waals surface area contributed by atoms with Gasteiger partial charge in [-0.1, -0.05) is 11.6 Å². The summed E-state index contributed by atoms with van der Waals surface area (Å²) in [4.78, 5) is 3.63. The van der Waals surface area contributed by atoms with Crippen LogP contribution in [-0.4, -0.2) is 12.1 Å². The molecule has 12 heavy (non-hydrogen) atoms. The Morgan fingerprint density at radius 3 is 2.75 bits per heavy atom. The lowest BCUT2D eigenvalue weighted by Crippen LogP contribution is -2.01. The molecule has 0 bridgehead atoms. The second-order valence-electron chi connectivity index (χ2n) is 1.95. The number of aromatic nitrogens is 1. The quantitative estimate of drug-likeness (QED) is 0.638. The molecular weight excluding hydrogens is 297 g/mol. The molecule has 0 aliphatic heterocycles. The van der Waals surface area contributed by atoms with E-state index in [4.69, 9.17) is 22.1 Å². The highest BCUT2D eigenvalue weighted by Crippen LogP contribution is 2.30. The number of methoxy groups -OCH3 is 1. The van der Waals surface area contributed by atoms with E-state index >= 15 is 0 Å². The van der Waals surface area contributed by atoms with Crippen molar-refractivity contribution in [1.29, 1.82) is 0 Å². The summed E-state index contributed by atoms with van der Waals surface area (Å²) in [6, 6.07) is 0. The molecule has 0 aromatic carbocycles. The zero-order chi connectivity index (χ0) is 9.30. The minimum Gasteiger partial charge on any atom is -0.480 e. The number of pyridine rings is 1. The number of rotatable bonds is 1. The third kappa shape index (κ3) is 1.56. The van der Waals surface area contributed by atoms with Gasteiger partial charge in [0.25, 0.3) is 0 Å². The fraction of sp³-hybridized carbons (Fsp3) is 0.167. The topological polar surface area (TPSA) is 48.1 Å². The largest absolute Gasteiger partial charge is 0.480 e. The van der Waals surface area contributed by atoms with Crippen molar-refractivity contribution in [2.24, 2.45) is 0 Å². The van der Waals surface area contributed by atoms with Gasteiger partial charge in [-0.3, -0.25) is 0 Å². The standard InChI is InChI=1S/C6H5ClFIN2O/c1-12-6-3(9)4(10)2(8)5(7)11-6/h1H3,(H2,10,11). The van der Waals surface area contributed by atoms with Crippen LogP contribution in [0.1, 0.15) is 0 Å². The summed E-state index contributed by atoms with van der Waals surface area (Å²) in [5, 5.41) is -0.273. The number of hydrogen-bond donors (Lipinski definition) is 1. The van der Waals surface area contributed by atoms with Gasteiger partial charge < -0.3 is 10.5 Å². The number of anilines is 1. The third-order valence-electron chi connectivity index (χ3n) is 1.23. The SMILES string of the molecule is COc1nc(Cl)c(F)c(N)c1I. The lowest BCUT2D eigenvalue weighted by Gasteiger charge is -2.06. The lowest BCUT2D eigenvalue weighted by molar-refractivity contribution is 0.393. The normalized spacial score (nSPS) is 10.0. The van der Waals surface area contributed by atoms with Gasteiger partial charge in [-0.25, -0.2) is 4.39 Å². The van der Waals surface area contributed by atoms with E-state index < -0.39 is 5.82 Å². The van der Waals surface area contributed by atoms with Crippen LogP contribution < -0.4 is 10.5 Å². The van der Waals surface area contributed by atoms with Crippen molar-refractivity contribution in [2.45, 2.75) is 0 Å². The molecule has 0 atom stereocenters. The Morgan fingerprint density at radius 2 is 2.25 bits per heavy atom. The van der Waals surface area contributed by atoms with Crippen molar-refractivity contribution >= 4 is 39.9 Å². The van der Waals surface area contributed by atoms with Crippen LogP contribution >= 0.6 is 34.2 Å². The Morgan fingerprint density at radius 1 is 1.67 bits per heavy atom. The first-order valence-electron chi connectivity index (χ1n) is 2.92. The number of nitrogens with two attached hydrogens (primary N) is 1. The average molecular weight is 302 g/mol. The number of nitrogen functional groups attached to an aromatic ring is 1. The van der Waals surface area contributed by atoms with E-state index in [0.29, 0.717) is 3.57 Å². The van der Waals surface area contributed by atoms with Crippen molar-refractivity contribution < 1.29 is 9.13 Å². The Labute approximate surface area is 87.2 Å². The van der Waals surface area contributed by atoms with Crippen LogP contribution in [0.4, 0.5) is 10.1 Å². The van der Waals surface area contributed by atoms with Gasteiger partial charge >= 0.3 is 0 Å². The molecule has 1 aromatic heterocycles. The predicted molar refractivity (Wildman–Crippen MR) is 52.9 cm³/mol. The second kappa shape index (κ2) is 3.61. The van der Waals surface area contributed by atoms with Gasteiger partial charge in [-0.05, 0) is 22.6 Å². The smallest absolute Gasteiger partial charge is 0.230 e. The maximum atomic E-state index is 12.9. The summed E-state index contributed by atoms with van der Waals surface area (Å²) < 4.78 is 18.2. The highest BCUT2D eigenvalue weighted by atomic mass is 127. The van der Waals surface area contributed by atoms with Gasteiger partial charge in [0.15, 0.2) is 11.0 Å². The molecule has 0 saturated heterocycles. The fourth-order valence-electron chi connectivity index (χ4n) is 0.645. The van der Waals surface area contributed by atoms with E-state index in [1.54, 1.807) is 0 Å². The summed E-state index contributed by atoms with van der Waals surface area (Å²) >= 11 is 7.26. The molecule has 2 N–H and O–H groups in total. The van der Waals surface area contributed by atoms with Crippen LogP contribution in [0.5, 0.6) is 5.88 Å². The molecule has 1 aromatic rings. The molecule has 0 fully saturated rings. The Bertz CT molecular complexity index is 321. The molecule has 66 valence electrons. The Balaban J connectivity index is 3.39. The number of nitrogens with zero attached hydrogens (tertiary/aromatic N) is 1. The molecule has 0 aliphatic carbocycles. The summed E-state index contributed by atoms with van der Waals surface area (Å²) in [5.41, 5.74) is 5.34. The molecule has 0 amide bonds. The molecule has 3 nitrogen and oxygen atoms in total. The molecule has 0 spiro atoms. The van der Waals surface area contributed by atoms with Crippen molar-refractivity contribution in [2.75, 3.05) is 12.8 Å². The average Bonchev–Trinajstić information content (AvgIpc) is 2.08. The van der Waals surface area contributed by atoms with Gasteiger partial charge in [0.05, 0.1) is 12.8 Å². The Hall–Kier alpha value is -0.300. The molecule has 0 unspecified atom stereocenters. The molecule has 0 saturated carbocycles. The maximum absolute atomic E-state index is 12.9. The van der Waals surface area contributed by atoms with Gasteiger partial charge in [-0.15, -0.1) is 0 Å². The van der Waals surface area contributed by atoms with Crippen LogP contribution in [0, 0.1) is 9.39 Å². The van der Waals surface area contributed by atoms with Crippen LogP contribution in [0.15, 0.2) is 0 Å². The van der Waals surface area contributed by atoms with Crippen LogP contribution in [-0.2, 0) is 0 Å². The van der Waals surface area contributed by atoms with E-state index in [-0.39, 0.29) is 16.7 Å². The zero-order valence-electron chi connectivity index (χ0n) is 6.07. The summed E-state index contributed by atoms with van der Waals surface area (Å²) in [6.45, 7) is 0. The minimum absolute atomic E-state index is 0.0348. The zero-order valence-corrected chi connectivity index (χ0v) is 8.98. The maximum Gasteiger partial charge on any atom is 0.230 e. The monoisotopic (exact) mass is 302 g/mol. The van der Waals surface area contributed by atoms with Crippen LogP contribution in [0.3, 0.4) is 0 Å². The van der Waals surface area contributed by atoms with E-state index in [1.807, 2.05) is 22.6 Å². The number of halogens is 3. The first-order chi connectivity index (χ1) is 5.57. The van der Waals surface area contributed by atoms with E-state index in [9.17, 15) is 4.39 Å². The van der Waals surface area contributed by atoms with E-state index in [0.717, 1.165) is 0 Å². The summed E-state index contributed by atoms with van der Waals surface area (Å²) in [5.74, 6) is -0.471. The van der Waals surface area contributed by atoms with Crippen molar-refractivity contribution in [3.05, 3.63) is 14.5 Å². The second-order valence-corrected chi connectivity index (χ2v) is 3.39. The minimum atomic E-state index is -0.707. The van der Waals surface area contributed by atoms with Crippen molar-refractivity contribution in [1.82, 2.24) is 4.98 Å². The lowest BCUT2D eigenvalue weighted by atomic mass is 10.4. The van der Waals surface area contributed by atoms with Crippen molar-refractivity contribution in [3.8, 4) is 5.88 Å². The van der Waals surface area contributed by atoms with Crippen LogP contribution in [0.2, 0.25) is 5.15 Å². The van der Waals surface area contributed by atoms with E-state index in [1.165, 1.54) is 7.11 Å². The molecule has 0 aliphatic rings. The molecule has 6 heteroatoms. The number of hydrogen-bond acceptors (Lipinski definition) is 3. The highest BCUT2D eigenvalue weighted by molar-refractivity contribution is 14.1. The molecule has 1 heterocycles. The molecule has 0 radical (unpaired) electrons. The first kappa shape index (κ1) is 9.79. The van der Waals surface area contributed by atoms with Crippen LogP contribution in [0.25, 0.3) is 0 Å². The van der Waals surface area contributed by atoms with Gasteiger partial charge in [0.2, 0.25) is 5.88 Å². The molecule has 1 rings (SSSR count). The predicted octanol–water partition coefficient (Wildman–Crippen LogP) is 2.07. The van der Waals surface area contributed by atoms with Gasteiger partial charge in [-0.2, -0.15) is 4.98 Å². The number of ether oxygens (including phenoxy) is 1. The Kier molecular flexibility index (Phi) is 2.94.